The fourth-order valence-corrected chi connectivity index (χ4v) is 2.31. The molecule has 21 heavy (non-hydrogen) atoms. The van der Waals surface area contributed by atoms with E-state index in [1.807, 2.05) is 6.92 Å². The zero-order valence-corrected chi connectivity index (χ0v) is 12.5. The molecule has 1 aromatic heterocycles. The van der Waals surface area contributed by atoms with Gasteiger partial charge in [0.25, 0.3) is 5.91 Å². The molecule has 114 valence electrons. The molecule has 2 rings (SSSR count). The first-order valence-corrected chi connectivity index (χ1v) is 7.51. The van der Waals surface area contributed by atoms with E-state index < -0.39 is 0 Å². The molecule has 6 heteroatoms. The van der Waals surface area contributed by atoms with Gasteiger partial charge < -0.3 is 10.2 Å². The van der Waals surface area contributed by atoms with E-state index in [-0.39, 0.29) is 11.8 Å². The predicted octanol–water partition coefficient (Wildman–Crippen LogP) is 1.31. The molecule has 6 nitrogen and oxygen atoms in total. The van der Waals surface area contributed by atoms with E-state index in [4.69, 9.17) is 0 Å². The van der Waals surface area contributed by atoms with Gasteiger partial charge in [-0.3, -0.25) is 14.6 Å². The number of hydrogen-bond acceptors (Lipinski definition) is 4. The van der Waals surface area contributed by atoms with E-state index in [0.717, 1.165) is 37.9 Å². The summed E-state index contributed by atoms with van der Waals surface area (Å²) in [4.78, 5) is 34.1. The second kappa shape index (κ2) is 7.71. The topological polar surface area (TPSA) is 75.2 Å². The third kappa shape index (κ3) is 4.81. The standard InChI is InChI=1S/C15H22N4O2/c1-12-10-18-13(11-17-12)15(21)19-8-5-3-2-4-7-16-14(20)6-9-19/h10-11H,2-9H2,1H3,(H,16,20). The summed E-state index contributed by atoms with van der Waals surface area (Å²) in [6.07, 6.45) is 7.54. The van der Waals surface area contributed by atoms with Crippen LogP contribution in [0.4, 0.5) is 0 Å². The van der Waals surface area contributed by atoms with Crippen LogP contribution >= 0.6 is 0 Å². The molecule has 2 amide bonds. The number of rotatable bonds is 1. The van der Waals surface area contributed by atoms with Gasteiger partial charge in [0.1, 0.15) is 5.69 Å². The second-order valence-electron chi connectivity index (χ2n) is 5.35. The van der Waals surface area contributed by atoms with E-state index in [1.54, 1.807) is 11.1 Å². The van der Waals surface area contributed by atoms with Gasteiger partial charge in [-0.05, 0) is 19.8 Å². The maximum atomic E-state index is 12.5. The Kier molecular flexibility index (Phi) is 5.66. The van der Waals surface area contributed by atoms with Gasteiger partial charge in [0.2, 0.25) is 5.91 Å². The highest BCUT2D eigenvalue weighted by atomic mass is 16.2. The summed E-state index contributed by atoms with van der Waals surface area (Å²) >= 11 is 0. The Labute approximate surface area is 125 Å². The highest BCUT2D eigenvalue weighted by Crippen LogP contribution is 2.08. The van der Waals surface area contributed by atoms with Crippen LogP contribution in [0.2, 0.25) is 0 Å². The molecular weight excluding hydrogens is 268 g/mol. The number of aryl methyl sites for hydroxylation is 1. The van der Waals surface area contributed by atoms with Crippen LogP contribution < -0.4 is 5.32 Å². The van der Waals surface area contributed by atoms with E-state index in [2.05, 4.69) is 15.3 Å². The first kappa shape index (κ1) is 15.4. The summed E-state index contributed by atoms with van der Waals surface area (Å²) in [5, 5.41) is 2.88. The molecule has 0 saturated carbocycles. The van der Waals surface area contributed by atoms with E-state index in [1.165, 1.54) is 6.20 Å². The summed E-state index contributed by atoms with van der Waals surface area (Å²) in [6.45, 7) is 3.66. The van der Waals surface area contributed by atoms with E-state index in [9.17, 15) is 9.59 Å². The van der Waals surface area contributed by atoms with Crippen LogP contribution in [0.15, 0.2) is 12.4 Å². The Balaban J connectivity index is 2.04. The highest BCUT2D eigenvalue weighted by molar-refractivity contribution is 5.92. The van der Waals surface area contributed by atoms with Crippen LogP contribution in [0.5, 0.6) is 0 Å². The largest absolute Gasteiger partial charge is 0.356 e. The number of nitrogens with one attached hydrogen (secondary N) is 1. The van der Waals surface area contributed by atoms with Crippen molar-refractivity contribution < 1.29 is 9.59 Å². The molecule has 0 spiro atoms. The summed E-state index contributed by atoms with van der Waals surface area (Å²) in [7, 11) is 0. The molecule has 1 N–H and O–H groups in total. The first-order chi connectivity index (χ1) is 10.2. The van der Waals surface area contributed by atoms with Crippen LogP contribution in [0.25, 0.3) is 0 Å². The summed E-state index contributed by atoms with van der Waals surface area (Å²) in [5.74, 6) is -0.140. The average Bonchev–Trinajstić information content (AvgIpc) is 2.53. The van der Waals surface area contributed by atoms with Crippen molar-refractivity contribution in [2.24, 2.45) is 0 Å². The molecule has 0 unspecified atom stereocenters. The summed E-state index contributed by atoms with van der Waals surface area (Å²) < 4.78 is 0. The summed E-state index contributed by atoms with van der Waals surface area (Å²) in [5.41, 5.74) is 1.12. The average molecular weight is 290 g/mol. The molecular formula is C15H22N4O2. The number of nitrogens with zero attached hydrogens (tertiary/aromatic N) is 3. The van der Waals surface area contributed by atoms with Crippen LogP contribution in [0.3, 0.4) is 0 Å². The van der Waals surface area contributed by atoms with Crippen molar-refractivity contribution in [3.63, 3.8) is 0 Å². The van der Waals surface area contributed by atoms with Crippen LogP contribution in [-0.4, -0.2) is 46.3 Å². The Morgan fingerprint density at radius 3 is 2.71 bits per heavy atom. The Morgan fingerprint density at radius 2 is 1.95 bits per heavy atom. The third-order valence-electron chi connectivity index (χ3n) is 3.57. The maximum Gasteiger partial charge on any atom is 0.274 e. The minimum absolute atomic E-state index is 0.00434. The zero-order valence-electron chi connectivity index (χ0n) is 12.5. The smallest absolute Gasteiger partial charge is 0.274 e. The SMILES string of the molecule is Cc1cnc(C(=O)N2CCCCCCNC(=O)CC2)cn1. The van der Waals surface area contributed by atoms with E-state index >= 15 is 0 Å². The van der Waals surface area contributed by atoms with Crippen molar-refractivity contribution in [2.45, 2.75) is 39.0 Å². The van der Waals surface area contributed by atoms with Gasteiger partial charge in [0, 0.05) is 32.3 Å². The number of hydrogen-bond donors (Lipinski definition) is 1. The van der Waals surface area contributed by atoms with Crippen molar-refractivity contribution in [1.29, 1.82) is 0 Å². The highest BCUT2D eigenvalue weighted by Gasteiger charge is 2.18. The van der Waals surface area contributed by atoms with Crippen LogP contribution in [0, 0.1) is 6.92 Å². The van der Waals surface area contributed by atoms with E-state index in [0.29, 0.717) is 25.2 Å². The lowest BCUT2D eigenvalue weighted by Crippen LogP contribution is -2.36. The van der Waals surface area contributed by atoms with Gasteiger partial charge in [0.05, 0.1) is 11.9 Å². The number of carbonyl (C=O) groups excluding carboxylic acids is 2. The van der Waals surface area contributed by atoms with Gasteiger partial charge in [-0.25, -0.2) is 4.98 Å². The quantitative estimate of drug-likeness (QED) is 0.846. The molecule has 0 radical (unpaired) electrons. The molecule has 1 saturated heterocycles. The minimum Gasteiger partial charge on any atom is -0.356 e. The maximum absolute atomic E-state index is 12.5. The molecule has 0 bridgehead atoms. The van der Waals surface area contributed by atoms with Crippen molar-refractivity contribution in [2.75, 3.05) is 19.6 Å². The number of aromatic nitrogens is 2. The van der Waals surface area contributed by atoms with Crippen molar-refractivity contribution >= 4 is 11.8 Å². The molecule has 1 aliphatic heterocycles. The lowest BCUT2D eigenvalue weighted by molar-refractivity contribution is -0.121. The van der Waals surface area contributed by atoms with Gasteiger partial charge >= 0.3 is 0 Å². The van der Waals surface area contributed by atoms with Crippen molar-refractivity contribution in [3.05, 3.63) is 23.8 Å². The monoisotopic (exact) mass is 290 g/mol. The van der Waals surface area contributed by atoms with Crippen molar-refractivity contribution in [1.82, 2.24) is 20.2 Å². The molecule has 0 atom stereocenters. The van der Waals surface area contributed by atoms with Gasteiger partial charge in [0.15, 0.2) is 0 Å². The molecule has 2 heterocycles. The summed E-state index contributed by atoms with van der Waals surface area (Å²) in [6, 6.07) is 0. The first-order valence-electron chi connectivity index (χ1n) is 7.51. The molecule has 0 aliphatic carbocycles. The molecule has 1 fully saturated rings. The Hall–Kier alpha value is -1.98. The number of carbonyl (C=O) groups is 2. The molecule has 0 aromatic carbocycles. The zero-order chi connectivity index (χ0) is 15.1. The van der Waals surface area contributed by atoms with Crippen LogP contribution in [-0.2, 0) is 4.79 Å². The van der Waals surface area contributed by atoms with Gasteiger partial charge in [-0.15, -0.1) is 0 Å². The van der Waals surface area contributed by atoms with Crippen molar-refractivity contribution in [3.8, 4) is 0 Å². The lowest BCUT2D eigenvalue weighted by atomic mass is 10.2. The predicted molar refractivity (Wildman–Crippen MR) is 78.8 cm³/mol. The second-order valence-corrected chi connectivity index (χ2v) is 5.35. The fraction of sp³-hybridized carbons (Fsp3) is 0.600. The Morgan fingerprint density at radius 1 is 1.14 bits per heavy atom. The minimum atomic E-state index is -0.144. The lowest BCUT2D eigenvalue weighted by Gasteiger charge is -2.21. The van der Waals surface area contributed by atoms with Gasteiger partial charge in [-0.2, -0.15) is 0 Å². The molecule has 1 aliphatic rings. The molecule has 1 aromatic rings. The number of amides is 2. The fourth-order valence-electron chi connectivity index (χ4n) is 2.31. The third-order valence-corrected chi connectivity index (χ3v) is 3.57. The normalized spacial score (nSPS) is 17.8. The van der Waals surface area contributed by atoms with Gasteiger partial charge in [-0.1, -0.05) is 12.8 Å². The Bertz CT molecular complexity index is 487. The van der Waals surface area contributed by atoms with Crippen LogP contribution in [0.1, 0.15) is 48.3 Å².